The van der Waals surface area contributed by atoms with Crippen molar-refractivity contribution in [2.24, 2.45) is 0 Å². The van der Waals surface area contributed by atoms with Gasteiger partial charge in [-0.05, 0) is 36.4 Å². The van der Waals surface area contributed by atoms with Crippen molar-refractivity contribution < 1.29 is 14.3 Å². The molecule has 0 aliphatic heterocycles. The molecule has 0 saturated carbocycles. The molecule has 0 aliphatic carbocycles. The first kappa shape index (κ1) is 16.8. The van der Waals surface area contributed by atoms with E-state index < -0.39 is 0 Å². The number of carbonyl (C=O) groups is 2. The van der Waals surface area contributed by atoms with Crippen LogP contribution in [0.4, 0.5) is 11.5 Å². The van der Waals surface area contributed by atoms with Crippen LogP contribution in [0.3, 0.4) is 0 Å². The molecule has 2 amide bonds. The highest BCUT2D eigenvalue weighted by Gasteiger charge is 2.06. The van der Waals surface area contributed by atoms with E-state index in [0.717, 1.165) is 5.75 Å². The topological polar surface area (TPSA) is 93.2 Å². The number of ether oxygens (including phenoxy) is 1. The number of nitrogens with one attached hydrogen (secondary N) is 2. The Morgan fingerprint density at radius 2 is 1.83 bits per heavy atom. The van der Waals surface area contributed by atoms with Crippen molar-refractivity contribution in [3.05, 3.63) is 36.4 Å². The third-order valence-electron chi connectivity index (χ3n) is 2.67. The van der Waals surface area contributed by atoms with E-state index in [1.54, 1.807) is 43.5 Å². The molecule has 0 saturated heterocycles. The zero-order valence-electron chi connectivity index (χ0n) is 12.7. The van der Waals surface area contributed by atoms with Gasteiger partial charge in [-0.2, -0.15) is 0 Å². The summed E-state index contributed by atoms with van der Waals surface area (Å²) >= 11 is 1.26. The van der Waals surface area contributed by atoms with E-state index in [0.29, 0.717) is 16.5 Å². The Bertz CT molecular complexity index is 674. The molecule has 2 rings (SSSR count). The van der Waals surface area contributed by atoms with E-state index in [1.165, 1.54) is 18.7 Å². The molecule has 0 aliphatic rings. The first-order valence-electron chi connectivity index (χ1n) is 6.75. The van der Waals surface area contributed by atoms with Crippen molar-refractivity contribution in [1.29, 1.82) is 0 Å². The largest absolute Gasteiger partial charge is 0.497 e. The number of amides is 2. The van der Waals surface area contributed by atoms with Crippen molar-refractivity contribution in [2.75, 3.05) is 23.5 Å². The number of nitrogens with zero attached hydrogens (tertiary/aromatic N) is 2. The molecule has 2 N–H and O–H groups in total. The fraction of sp³-hybridized carbons (Fsp3) is 0.200. The highest BCUT2D eigenvalue weighted by molar-refractivity contribution is 7.99. The van der Waals surface area contributed by atoms with Gasteiger partial charge in [0.25, 0.3) is 0 Å². The van der Waals surface area contributed by atoms with Crippen LogP contribution in [0.25, 0.3) is 0 Å². The lowest BCUT2D eigenvalue weighted by atomic mass is 10.3. The molecule has 0 atom stereocenters. The zero-order chi connectivity index (χ0) is 16.7. The number of aromatic nitrogens is 2. The quantitative estimate of drug-likeness (QED) is 0.788. The highest BCUT2D eigenvalue weighted by atomic mass is 32.2. The summed E-state index contributed by atoms with van der Waals surface area (Å²) < 4.78 is 5.05. The molecule has 0 fully saturated rings. The van der Waals surface area contributed by atoms with Gasteiger partial charge in [0.15, 0.2) is 5.82 Å². The van der Waals surface area contributed by atoms with Crippen molar-refractivity contribution in [2.45, 2.75) is 11.9 Å². The lowest BCUT2D eigenvalue weighted by Crippen LogP contribution is -2.14. The Morgan fingerprint density at radius 3 is 2.39 bits per heavy atom. The highest BCUT2D eigenvalue weighted by Crippen LogP contribution is 2.18. The molecular weight excluding hydrogens is 316 g/mol. The van der Waals surface area contributed by atoms with Gasteiger partial charge in [0.05, 0.1) is 12.9 Å². The summed E-state index contributed by atoms with van der Waals surface area (Å²) in [5, 5.41) is 13.7. The summed E-state index contributed by atoms with van der Waals surface area (Å²) in [6.45, 7) is 1.40. The number of methoxy groups -OCH3 is 1. The molecular formula is C15H16N4O3S. The van der Waals surface area contributed by atoms with Gasteiger partial charge in [-0.3, -0.25) is 9.59 Å². The third-order valence-corrected chi connectivity index (χ3v) is 3.59. The predicted octanol–water partition coefficient (Wildman–Crippen LogP) is 2.17. The molecule has 0 radical (unpaired) electrons. The van der Waals surface area contributed by atoms with Crippen LogP contribution in [-0.4, -0.2) is 34.9 Å². The molecule has 1 aromatic carbocycles. The van der Waals surface area contributed by atoms with Gasteiger partial charge in [0.1, 0.15) is 10.8 Å². The lowest BCUT2D eigenvalue weighted by molar-refractivity contribution is -0.114. The molecule has 8 heteroatoms. The average molecular weight is 332 g/mol. The van der Waals surface area contributed by atoms with Crippen LogP contribution in [0.5, 0.6) is 5.75 Å². The average Bonchev–Trinajstić information content (AvgIpc) is 2.54. The summed E-state index contributed by atoms with van der Waals surface area (Å²) in [4.78, 5) is 22.8. The Morgan fingerprint density at radius 1 is 1.09 bits per heavy atom. The Kier molecular flexibility index (Phi) is 5.93. The predicted molar refractivity (Wildman–Crippen MR) is 88.7 cm³/mol. The van der Waals surface area contributed by atoms with E-state index >= 15 is 0 Å². The van der Waals surface area contributed by atoms with Crippen LogP contribution in [0.2, 0.25) is 0 Å². The molecule has 0 unspecified atom stereocenters. The summed E-state index contributed by atoms with van der Waals surface area (Å²) in [5.41, 5.74) is 0.698. The number of anilines is 2. The minimum atomic E-state index is -0.210. The molecule has 0 spiro atoms. The van der Waals surface area contributed by atoms with Gasteiger partial charge in [-0.25, -0.2) is 0 Å². The third kappa shape index (κ3) is 5.59. The van der Waals surface area contributed by atoms with E-state index in [9.17, 15) is 9.59 Å². The monoisotopic (exact) mass is 332 g/mol. The summed E-state index contributed by atoms with van der Waals surface area (Å²) in [6.07, 6.45) is 0. The molecule has 1 heterocycles. The van der Waals surface area contributed by atoms with Gasteiger partial charge >= 0.3 is 0 Å². The fourth-order valence-corrected chi connectivity index (χ4v) is 2.27. The van der Waals surface area contributed by atoms with E-state index in [2.05, 4.69) is 20.8 Å². The second-order valence-electron chi connectivity index (χ2n) is 4.50. The van der Waals surface area contributed by atoms with Gasteiger partial charge in [-0.15, -0.1) is 10.2 Å². The van der Waals surface area contributed by atoms with Gasteiger partial charge in [-0.1, -0.05) is 11.8 Å². The van der Waals surface area contributed by atoms with Gasteiger partial charge in [0, 0.05) is 12.6 Å². The first-order chi connectivity index (χ1) is 11.1. The number of rotatable bonds is 6. The van der Waals surface area contributed by atoms with Crippen LogP contribution in [0.15, 0.2) is 41.4 Å². The number of thioether (sulfide) groups is 1. The molecule has 7 nitrogen and oxygen atoms in total. The standard InChI is InChI=1S/C15H16N4O3S/c1-10(20)16-13-7-8-15(19-18-13)23-9-14(21)17-11-3-5-12(22-2)6-4-11/h3-8H,9H2,1-2H3,(H,17,21)(H,16,18,20). The van der Waals surface area contributed by atoms with E-state index in [-0.39, 0.29) is 17.6 Å². The smallest absolute Gasteiger partial charge is 0.234 e. The van der Waals surface area contributed by atoms with Crippen LogP contribution >= 0.6 is 11.8 Å². The maximum atomic E-state index is 11.9. The normalized spacial score (nSPS) is 10.0. The Labute approximate surface area is 137 Å². The molecule has 2 aromatic rings. The maximum absolute atomic E-state index is 11.9. The Balaban J connectivity index is 1.82. The van der Waals surface area contributed by atoms with Crippen LogP contribution in [0, 0.1) is 0 Å². The second kappa shape index (κ2) is 8.14. The summed E-state index contributed by atoms with van der Waals surface area (Å²) in [5.74, 6) is 0.961. The van der Waals surface area contributed by atoms with Crippen LogP contribution in [0.1, 0.15) is 6.92 Å². The maximum Gasteiger partial charge on any atom is 0.234 e. The molecule has 120 valence electrons. The van der Waals surface area contributed by atoms with Gasteiger partial charge in [0.2, 0.25) is 11.8 Å². The first-order valence-corrected chi connectivity index (χ1v) is 7.73. The SMILES string of the molecule is COc1ccc(NC(=O)CSc2ccc(NC(C)=O)nn2)cc1. The zero-order valence-corrected chi connectivity index (χ0v) is 13.5. The summed E-state index contributed by atoms with van der Waals surface area (Å²) in [6, 6.07) is 10.4. The second-order valence-corrected chi connectivity index (χ2v) is 5.50. The number of carbonyl (C=O) groups excluding carboxylic acids is 2. The number of benzene rings is 1. The minimum Gasteiger partial charge on any atom is -0.497 e. The molecule has 0 bridgehead atoms. The minimum absolute atomic E-state index is 0.145. The lowest BCUT2D eigenvalue weighted by Gasteiger charge is -2.06. The van der Waals surface area contributed by atoms with Crippen molar-refractivity contribution in [1.82, 2.24) is 10.2 Å². The Hall–Kier alpha value is -2.61. The van der Waals surface area contributed by atoms with Crippen molar-refractivity contribution in [3.63, 3.8) is 0 Å². The van der Waals surface area contributed by atoms with E-state index in [1.807, 2.05) is 0 Å². The van der Waals surface area contributed by atoms with E-state index in [4.69, 9.17) is 4.74 Å². The number of hydrogen-bond donors (Lipinski definition) is 2. The molecule has 1 aromatic heterocycles. The molecule has 23 heavy (non-hydrogen) atoms. The van der Waals surface area contributed by atoms with Crippen molar-refractivity contribution in [3.8, 4) is 5.75 Å². The van der Waals surface area contributed by atoms with Crippen molar-refractivity contribution >= 4 is 35.1 Å². The van der Waals surface area contributed by atoms with Crippen LogP contribution in [-0.2, 0) is 9.59 Å². The fourth-order valence-electron chi connectivity index (χ4n) is 1.65. The summed E-state index contributed by atoms with van der Waals surface area (Å²) in [7, 11) is 1.59. The number of hydrogen-bond acceptors (Lipinski definition) is 6. The van der Waals surface area contributed by atoms with Gasteiger partial charge < -0.3 is 15.4 Å². The van der Waals surface area contributed by atoms with Crippen LogP contribution < -0.4 is 15.4 Å².